The highest BCUT2D eigenvalue weighted by Crippen LogP contribution is 2.40. The minimum absolute atomic E-state index is 0.00119. The summed E-state index contributed by atoms with van der Waals surface area (Å²) in [7, 11) is 0. The van der Waals surface area contributed by atoms with Gasteiger partial charge in [-0.1, -0.05) is 18.2 Å². The largest absolute Gasteiger partial charge is 0.342 e. The molecule has 2 aliphatic heterocycles. The molecular weight excluding hydrogens is 436 g/mol. The number of benzene rings is 1. The Morgan fingerprint density at radius 2 is 1.52 bits per heavy atom. The van der Waals surface area contributed by atoms with Crippen LogP contribution in [-0.2, 0) is 4.79 Å². The molecule has 1 aromatic heterocycles. The Hall–Kier alpha value is -2.80. The zero-order valence-corrected chi connectivity index (χ0v) is 19.9. The maximum atomic E-state index is 12.9. The molecule has 3 heterocycles. The van der Waals surface area contributed by atoms with Crippen LogP contribution in [0.5, 0.6) is 0 Å². The quantitative estimate of drug-likeness (QED) is 0.565. The summed E-state index contributed by atoms with van der Waals surface area (Å²) in [6.45, 7) is 4.40. The van der Waals surface area contributed by atoms with Crippen LogP contribution in [0.1, 0.15) is 75.8 Å². The van der Waals surface area contributed by atoms with E-state index in [1.807, 2.05) is 27.3 Å². The Kier molecular flexibility index (Phi) is 7.08. The van der Waals surface area contributed by atoms with Crippen molar-refractivity contribution in [2.24, 2.45) is 5.41 Å². The topological polar surface area (TPSA) is 74.8 Å². The Labute approximate surface area is 198 Å². The summed E-state index contributed by atoms with van der Waals surface area (Å²) in [5.41, 5.74) is 1.31. The fraction of sp³-hybridized carbons (Fsp3) is 0.462. The van der Waals surface area contributed by atoms with Gasteiger partial charge in [0, 0.05) is 50.1 Å². The lowest BCUT2D eigenvalue weighted by Crippen LogP contribution is -2.44. The van der Waals surface area contributed by atoms with Crippen LogP contribution in [0.15, 0.2) is 41.8 Å². The van der Waals surface area contributed by atoms with Crippen LogP contribution in [0.4, 0.5) is 0 Å². The van der Waals surface area contributed by atoms with Gasteiger partial charge in [-0.25, -0.2) is 0 Å². The number of carbonyl (C=O) groups excluding carboxylic acids is 4. The molecule has 2 aromatic rings. The number of hydrogen-bond acceptors (Lipinski definition) is 5. The number of rotatable bonds is 7. The first-order valence-corrected chi connectivity index (χ1v) is 12.5. The van der Waals surface area contributed by atoms with E-state index in [1.165, 1.54) is 18.3 Å². The van der Waals surface area contributed by atoms with Crippen LogP contribution in [0.2, 0.25) is 0 Å². The molecule has 7 heteroatoms. The molecule has 174 valence electrons. The van der Waals surface area contributed by atoms with Crippen molar-refractivity contribution in [3.05, 3.63) is 57.8 Å². The summed E-state index contributed by atoms with van der Waals surface area (Å²) in [6.07, 6.45) is 4.17. The van der Waals surface area contributed by atoms with E-state index >= 15 is 0 Å². The van der Waals surface area contributed by atoms with Gasteiger partial charge >= 0.3 is 0 Å². The summed E-state index contributed by atoms with van der Waals surface area (Å²) < 4.78 is 0. The molecule has 2 aliphatic rings. The average Bonchev–Trinajstić information content (AvgIpc) is 3.50. The number of thiophene rings is 1. The highest BCUT2D eigenvalue weighted by Gasteiger charge is 2.42. The van der Waals surface area contributed by atoms with Crippen molar-refractivity contribution >= 4 is 34.7 Å². The number of nitrogens with zero attached hydrogens (tertiary/aromatic N) is 2. The standard InChI is InChI=1S/C26H30N2O4S/c1-19(29)20-7-9-21(10-8-20)25(32)27-14-11-26(12-15-27)13-16-28(18-26)24(31)6-2-4-22(30)23-5-3-17-33-23/h3,5,7-10,17H,2,4,6,11-16,18H2,1H3. The first-order valence-electron chi connectivity index (χ1n) is 11.6. The summed E-state index contributed by atoms with van der Waals surface area (Å²) in [4.78, 5) is 53.7. The number of hydrogen-bond donors (Lipinski definition) is 0. The molecule has 0 atom stereocenters. The molecule has 0 aliphatic carbocycles. The second kappa shape index (κ2) is 10.00. The lowest BCUT2D eigenvalue weighted by Gasteiger charge is -2.39. The Balaban J connectivity index is 1.23. The first-order chi connectivity index (χ1) is 15.9. The van der Waals surface area contributed by atoms with Crippen LogP contribution < -0.4 is 0 Å². The van der Waals surface area contributed by atoms with E-state index in [1.54, 1.807) is 24.3 Å². The SMILES string of the molecule is CC(=O)c1ccc(C(=O)N2CCC3(CCN(C(=O)CCCC(=O)c4cccs4)C3)CC2)cc1. The van der Waals surface area contributed by atoms with Gasteiger partial charge in [0.2, 0.25) is 5.91 Å². The van der Waals surface area contributed by atoms with Crippen molar-refractivity contribution < 1.29 is 19.2 Å². The minimum Gasteiger partial charge on any atom is -0.342 e. The average molecular weight is 467 g/mol. The van der Waals surface area contributed by atoms with Crippen molar-refractivity contribution in [2.45, 2.75) is 45.4 Å². The predicted octanol–water partition coefficient (Wildman–Crippen LogP) is 4.46. The molecule has 0 N–H and O–H groups in total. The van der Waals surface area contributed by atoms with Gasteiger partial charge in [-0.05, 0) is 61.6 Å². The van der Waals surface area contributed by atoms with E-state index in [2.05, 4.69) is 0 Å². The molecule has 2 saturated heterocycles. The fourth-order valence-corrected chi connectivity index (χ4v) is 5.58. The second-order valence-corrected chi connectivity index (χ2v) is 10.2. The number of ketones is 2. The summed E-state index contributed by atoms with van der Waals surface area (Å²) >= 11 is 1.45. The van der Waals surface area contributed by atoms with Crippen molar-refractivity contribution in [3.63, 3.8) is 0 Å². The van der Waals surface area contributed by atoms with E-state index in [0.29, 0.717) is 43.5 Å². The lowest BCUT2D eigenvalue weighted by atomic mass is 9.77. The van der Waals surface area contributed by atoms with Gasteiger partial charge in [0.15, 0.2) is 11.6 Å². The lowest BCUT2D eigenvalue weighted by molar-refractivity contribution is -0.130. The van der Waals surface area contributed by atoms with E-state index in [4.69, 9.17) is 0 Å². The first kappa shape index (κ1) is 23.4. The van der Waals surface area contributed by atoms with E-state index in [-0.39, 0.29) is 28.8 Å². The smallest absolute Gasteiger partial charge is 0.253 e. The van der Waals surface area contributed by atoms with Crippen LogP contribution in [0.3, 0.4) is 0 Å². The Bertz CT molecular complexity index is 1020. The highest BCUT2D eigenvalue weighted by atomic mass is 32.1. The predicted molar refractivity (Wildman–Crippen MR) is 128 cm³/mol. The number of carbonyl (C=O) groups is 4. The van der Waals surface area contributed by atoms with Gasteiger partial charge in [-0.15, -0.1) is 11.3 Å². The molecule has 1 aromatic carbocycles. The Morgan fingerprint density at radius 1 is 0.879 bits per heavy atom. The van der Waals surface area contributed by atoms with Gasteiger partial charge in [0.1, 0.15) is 0 Å². The fourth-order valence-electron chi connectivity index (χ4n) is 4.89. The van der Waals surface area contributed by atoms with Crippen molar-refractivity contribution in [2.75, 3.05) is 26.2 Å². The molecule has 0 radical (unpaired) electrons. The third-order valence-electron chi connectivity index (χ3n) is 7.03. The van der Waals surface area contributed by atoms with Crippen LogP contribution in [0, 0.1) is 5.41 Å². The summed E-state index contributed by atoms with van der Waals surface area (Å²) in [5, 5.41) is 1.89. The van der Waals surface area contributed by atoms with Crippen LogP contribution >= 0.6 is 11.3 Å². The van der Waals surface area contributed by atoms with Gasteiger partial charge in [-0.2, -0.15) is 0 Å². The normalized spacial score (nSPS) is 17.4. The van der Waals surface area contributed by atoms with E-state index in [9.17, 15) is 19.2 Å². The maximum Gasteiger partial charge on any atom is 0.253 e. The van der Waals surface area contributed by atoms with Crippen molar-refractivity contribution in [1.29, 1.82) is 0 Å². The van der Waals surface area contributed by atoms with Gasteiger partial charge < -0.3 is 9.80 Å². The molecule has 0 saturated carbocycles. The summed E-state index contributed by atoms with van der Waals surface area (Å²) in [5.74, 6) is 0.239. The monoisotopic (exact) mass is 466 g/mol. The molecule has 2 amide bonds. The molecule has 2 fully saturated rings. The molecule has 33 heavy (non-hydrogen) atoms. The number of amides is 2. The number of piperidine rings is 1. The van der Waals surface area contributed by atoms with Crippen LogP contribution in [0.25, 0.3) is 0 Å². The molecule has 1 spiro atoms. The third kappa shape index (κ3) is 5.41. The van der Waals surface area contributed by atoms with Crippen molar-refractivity contribution in [3.8, 4) is 0 Å². The molecular formula is C26H30N2O4S. The molecule has 0 bridgehead atoms. The zero-order valence-electron chi connectivity index (χ0n) is 19.0. The third-order valence-corrected chi connectivity index (χ3v) is 7.94. The Morgan fingerprint density at radius 3 is 2.12 bits per heavy atom. The number of Topliss-reactive ketones (excluding diaryl/α,β-unsaturated/α-hetero) is 2. The maximum absolute atomic E-state index is 12.9. The minimum atomic E-state index is -0.0108. The van der Waals surface area contributed by atoms with E-state index in [0.717, 1.165) is 37.2 Å². The van der Waals surface area contributed by atoms with Crippen LogP contribution in [-0.4, -0.2) is 59.4 Å². The van der Waals surface area contributed by atoms with Crippen molar-refractivity contribution in [1.82, 2.24) is 9.80 Å². The molecule has 6 nitrogen and oxygen atoms in total. The second-order valence-electron chi connectivity index (χ2n) is 9.25. The number of likely N-dealkylation sites (tertiary alicyclic amines) is 2. The summed E-state index contributed by atoms with van der Waals surface area (Å²) in [6, 6.07) is 10.6. The highest BCUT2D eigenvalue weighted by molar-refractivity contribution is 7.12. The van der Waals surface area contributed by atoms with Gasteiger partial charge in [0.25, 0.3) is 5.91 Å². The van der Waals surface area contributed by atoms with Gasteiger partial charge in [-0.3, -0.25) is 19.2 Å². The van der Waals surface area contributed by atoms with E-state index < -0.39 is 0 Å². The van der Waals surface area contributed by atoms with Gasteiger partial charge in [0.05, 0.1) is 4.88 Å². The molecule has 4 rings (SSSR count). The molecule has 0 unspecified atom stereocenters. The zero-order chi connectivity index (χ0) is 23.4.